The Morgan fingerprint density at radius 2 is 2.31 bits per heavy atom. The lowest BCUT2D eigenvalue weighted by molar-refractivity contribution is 0.197. The van der Waals surface area contributed by atoms with Crippen molar-refractivity contribution in [2.75, 3.05) is 40.4 Å². The van der Waals surface area contributed by atoms with Gasteiger partial charge in [0.15, 0.2) is 0 Å². The molecule has 1 aromatic heterocycles. The largest absolute Gasteiger partial charge is 0.383 e. The van der Waals surface area contributed by atoms with Gasteiger partial charge in [-0.2, -0.15) is 0 Å². The minimum atomic E-state index is 0.784. The van der Waals surface area contributed by atoms with Crippen molar-refractivity contribution < 1.29 is 4.74 Å². The normalized spacial score (nSPS) is 11.2. The second kappa shape index (κ2) is 8.41. The summed E-state index contributed by atoms with van der Waals surface area (Å²) in [6.07, 6.45) is 0. The van der Waals surface area contributed by atoms with E-state index in [4.69, 9.17) is 4.74 Å². The van der Waals surface area contributed by atoms with Crippen molar-refractivity contribution in [2.24, 2.45) is 0 Å². The van der Waals surface area contributed by atoms with Crippen LogP contribution in [0.25, 0.3) is 0 Å². The lowest BCUT2D eigenvalue weighted by Gasteiger charge is -2.15. The van der Waals surface area contributed by atoms with E-state index in [0.29, 0.717) is 0 Å². The number of rotatable bonds is 8. The molecule has 0 aromatic carbocycles. The molecule has 0 saturated heterocycles. The number of nitrogens with one attached hydrogen (secondary N) is 1. The van der Waals surface area contributed by atoms with Gasteiger partial charge in [-0.05, 0) is 46.6 Å². The van der Waals surface area contributed by atoms with E-state index in [1.165, 1.54) is 8.45 Å². The Kier molecular flexibility index (Phi) is 7.55. The Morgan fingerprint density at radius 3 is 2.94 bits per heavy atom. The molecule has 0 aliphatic heterocycles. The molecule has 1 aromatic rings. The van der Waals surface area contributed by atoms with Crippen LogP contribution in [0.1, 0.15) is 5.56 Å². The average molecular weight is 354 g/mol. The monoisotopic (exact) mass is 354 g/mol. The van der Waals surface area contributed by atoms with Crippen molar-refractivity contribution in [1.29, 1.82) is 0 Å². The topological polar surface area (TPSA) is 24.5 Å². The molecule has 0 fully saturated rings. The molecule has 0 unspecified atom stereocenters. The first-order chi connectivity index (χ1) is 7.72. The molecule has 0 bridgehead atoms. The van der Waals surface area contributed by atoms with Crippen LogP contribution in [0.5, 0.6) is 0 Å². The van der Waals surface area contributed by atoms with Gasteiger partial charge >= 0.3 is 0 Å². The first-order valence-electron chi connectivity index (χ1n) is 5.33. The van der Waals surface area contributed by atoms with Crippen LogP contribution in [0.15, 0.2) is 11.4 Å². The zero-order valence-corrected chi connectivity index (χ0v) is 12.8. The van der Waals surface area contributed by atoms with E-state index in [9.17, 15) is 0 Å². The van der Waals surface area contributed by atoms with Gasteiger partial charge in [-0.15, -0.1) is 11.3 Å². The van der Waals surface area contributed by atoms with E-state index in [0.717, 1.165) is 32.8 Å². The summed E-state index contributed by atoms with van der Waals surface area (Å²) in [6.45, 7) is 4.83. The fourth-order valence-electron chi connectivity index (χ4n) is 1.39. The molecule has 0 amide bonds. The van der Waals surface area contributed by atoms with E-state index in [1.54, 1.807) is 7.11 Å². The SMILES string of the molecule is COCCNCCN(C)Cc1csc(I)c1. The van der Waals surface area contributed by atoms with Gasteiger partial charge in [-0.25, -0.2) is 0 Å². The smallest absolute Gasteiger partial charge is 0.0656 e. The molecule has 1 rings (SSSR count). The second-order valence-electron chi connectivity index (χ2n) is 3.74. The van der Waals surface area contributed by atoms with Crippen LogP contribution >= 0.6 is 33.9 Å². The van der Waals surface area contributed by atoms with Gasteiger partial charge in [-0.3, -0.25) is 0 Å². The minimum Gasteiger partial charge on any atom is -0.383 e. The van der Waals surface area contributed by atoms with Gasteiger partial charge in [0.1, 0.15) is 0 Å². The van der Waals surface area contributed by atoms with Crippen LogP contribution in [-0.2, 0) is 11.3 Å². The lowest BCUT2D eigenvalue weighted by Crippen LogP contribution is -2.30. The molecule has 3 nitrogen and oxygen atoms in total. The number of nitrogens with zero attached hydrogens (tertiary/aromatic N) is 1. The van der Waals surface area contributed by atoms with Crippen LogP contribution in [0.3, 0.4) is 0 Å². The van der Waals surface area contributed by atoms with E-state index >= 15 is 0 Å². The fraction of sp³-hybridized carbons (Fsp3) is 0.636. The van der Waals surface area contributed by atoms with Crippen LogP contribution in [0.4, 0.5) is 0 Å². The van der Waals surface area contributed by atoms with Crippen LogP contribution in [0.2, 0.25) is 0 Å². The van der Waals surface area contributed by atoms with Crippen LogP contribution < -0.4 is 5.32 Å². The number of methoxy groups -OCH3 is 1. The maximum Gasteiger partial charge on any atom is 0.0656 e. The van der Waals surface area contributed by atoms with Gasteiger partial charge in [0.25, 0.3) is 0 Å². The van der Waals surface area contributed by atoms with Crippen molar-refractivity contribution in [3.8, 4) is 0 Å². The predicted octanol–water partition coefficient (Wildman–Crippen LogP) is 2.02. The summed E-state index contributed by atoms with van der Waals surface area (Å²) in [4.78, 5) is 2.33. The number of thiophene rings is 1. The second-order valence-corrected chi connectivity index (χ2v) is 6.55. The molecular weight excluding hydrogens is 335 g/mol. The summed E-state index contributed by atoms with van der Waals surface area (Å²) < 4.78 is 6.33. The maximum absolute atomic E-state index is 4.97. The molecule has 1 heterocycles. The van der Waals surface area contributed by atoms with E-state index in [1.807, 2.05) is 11.3 Å². The van der Waals surface area contributed by atoms with Gasteiger partial charge < -0.3 is 15.0 Å². The molecule has 0 aliphatic carbocycles. The Bertz CT molecular complexity index is 293. The van der Waals surface area contributed by atoms with Crippen molar-refractivity contribution in [1.82, 2.24) is 10.2 Å². The number of hydrogen-bond donors (Lipinski definition) is 1. The standard InChI is InChI=1S/C11H19IN2OS/c1-14(5-3-13-4-6-15-2)8-10-7-11(12)16-9-10/h7,9,13H,3-6,8H2,1-2H3. The quantitative estimate of drug-likeness (QED) is 0.571. The first kappa shape index (κ1) is 14.4. The van der Waals surface area contributed by atoms with Crippen molar-refractivity contribution >= 4 is 33.9 Å². The molecule has 0 saturated carbocycles. The number of halogens is 1. The molecule has 0 aliphatic rings. The van der Waals surface area contributed by atoms with E-state index in [-0.39, 0.29) is 0 Å². The zero-order valence-electron chi connectivity index (χ0n) is 9.83. The highest BCUT2D eigenvalue weighted by Crippen LogP contribution is 2.17. The molecule has 1 N–H and O–H groups in total. The first-order valence-corrected chi connectivity index (χ1v) is 7.29. The third kappa shape index (κ3) is 6.15. The third-order valence-electron chi connectivity index (χ3n) is 2.23. The Labute approximate surface area is 115 Å². The maximum atomic E-state index is 4.97. The van der Waals surface area contributed by atoms with E-state index < -0.39 is 0 Å². The van der Waals surface area contributed by atoms with Crippen LogP contribution in [0, 0.1) is 2.88 Å². The summed E-state index contributed by atoms with van der Waals surface area (Å²) >= 11 is 4.17. The van der Waals surface area contributed by atoms with Crippen molar-refractivity contribution in [3.05, 3.63) is 19.9 Å². The van der Waals surface area contributed by atoms with Crippen LogP contribution in [-0.4, -0.2) is 45.3 Å². The number of ether oxygens (including phenoxy) is 1. The van der Waals surface area contributed by atoms with Gasteiger partial charge in [-0.1, -0.05) is 0 Å². The number of likely N-dealkylation sites (N-methyl/N-ethyl adjacent to an activating group) is 1. The highest BCUT2D eigenvalue weighted by molar-refractivity contribution is 14.1. The third-order valence-corrected chi connectivity index (χ3v) is 4.07. The lowest BCUT2D eigenvalue weighted by atomic mass is 10.3. The van der Waals surface area contributed by atoms with Crippen molar-refractivity contribution in [3.63, 3.8) is 0 Å². The molecular formula is C11H19IN2OS. The Morgan fingerprint density at radius 1 is 1.50 bits per heavy atom. The molecule has 0 atom stereocenters. The summed E-state index contributed by atoms with van der Waals surface area (Å²) in [5.41, 5.74) is 1.41. The van der Waals surface area contributed by atoms with Gasteiger partial charge in [0.2, 0.25) is 0 Å². The molecule has 92 valence electrons. The average Bonchev–Trinajstić information content (AvgIpc) is 2.63. The molecule has 16 heavy (non-hydrogen) atoms. The predicted molar refractivity (Wildman–Crippen MR) is 78.1 cm³/mol. The summed E-state index contributed by atoms with van der Waals surface area (Å²) in [7, 11) is 3.88. The molecule has 5 heteroatoms. The van der Waals surface area contributed by atoms with Gasteiger partial charge in [0, 0.05) is 33.3 Å². The Hall–Kier alpha value is 0.310. The summed E-state index contributed by atoms with van der Waals surface area (Å²) in [5, 5.41) is 5.58. The summed E-state index contributed by atoms with van der Waals surface area (Å²) in [5.74, 6) is 0. The molecule has 0 spiro atoms. The number of hydrogen-bond acceptors (Lipinski definition) is 4. The molecule has 0 radical (unpaired) electrons. The summed E-state index contributed by atoms with van der Waals surface area (Å²) in [6, 6.07) is 2.25. The van der Waals surface area contributed by atoms with Crippen molar-refractivity contribution in [2.45, 2.75) is 6.54 Å². The zero-order chi connectivity index (χ0) is 11.8. The minimum absolute atomic E-state index is 0.784. The highest BCUT2D eigenvalue weighted by atomic mass is 127. The highest BCUT2D eigenvalue weighted by Gasteiger charge is 2.01. The fourth-order valence-corrected chi connectivity index (χ4v) is 2.80. The van der Waals surface area contributed by atoms with Gasteiger partial charge in [0.05, 0.1) is 9.49 Å². The van der Waals surface area contributed by atoms with E-state index in [2.05, 4.69) is 51.3 Å². The Balaban J connectivity index is 2.09.